The molecule has 2 aliphatic rings. The van der Waals surface area contributed by atoms with Gasteiger partial charge in [-0.05, 0) is 37.5 Å². The summed E-state index contributed by atoms with van der Waals surface area (Å²) in [6.07, 6.45) is 3.55. The quantitative estimate of drug-likeness (QED) is 0.860. The van der Waals surface area contributed by atoms with Crippen molar-refractivity contribution in [2.75, 3.05) is 37.3 Å². The molecule has 1 saturated carbocycles. The van der Waals surface area contributed by atoms with Crippen molar-refractivity contribution >= 4 is 21.4 Å². The van der Waals surface area contributed by atoms with Gasteiger partial charge in [0.15, 0.2) is 9.84 Å². The minimum Gasteiger partial charge on any atom is -0.366 e. The number of carbonyl (C=O) groups excluding carboxylic acids is 1. The molecule has 8 heteroatoms. The summed E-state index contributed by atoms with van der Waals surface area (Å²) in [7, 11) is -3.43. The fraction of sp³-hybridized carbons (Fsp3) is 0.588. The zero-order valence-electron chi connectivity index (χ0n) is 14.3. The Labute approximate surface area is 147 Å². The maximum Gasteiger partial charge on any atom is 0.225 e. The molecule has 2 N–H and O–H groups in total. The molecule has 0 bridgehead atoms. The number of amides is 1. The van der Waals surface area contributed by atoms with Crippen LogP contribution in [0.5, 0.6) is 0 Å². The lowest BCUT2D eigenvalue weighted by molar-refractivity contribution is -0.135. The van der Waals surface area contributed by atoms with Crippen LogP contribution in [0.2, 0.25) is 0 Å². The Hall–Kier alpha value is -1.67. The zero-order chi connectivity index (χ0) is 18.2. The maximum atomic E-state index is 14.3. The minimum atomic E-state index is -3.43. The van der Waals surface area contributed by atoms with E-state index in [-0.39, 0.29) is 22.8 Å². The lowest BCUT2D eigenvalue weighted by Crippen LogP contribution is -2.50. The lowest BCUT2D eigenvalue weighted by Gasteiger charge is -2.37. The van der Waals surface area contributed by atoms with Crippen LogP contribution < -0.4 is 10.6 Å². The van der Waals surface area contributed by atoms with Crippen LogP contribution in [0, 0.1) is 11.7 Å². The van der Waals surface area contributed by atoms with Gasteiger partial charge in [0.2, 0.25) is 5.91 Å². The molecule has 138 valence electrons. The summed E-state index contributed by atoms with van der Waals surface area (Å²) in [5.41, 5.74) is 6.26. The third kappa shape index (κ3) is 3.95. The maximum absolute atomic E-state index is 14.3. The van der Waals surface area contributed by atoms with Gasteiger partial charge >= 0.3 is 0 Å². The van der Waals surface area contributed by atoms with E-state index in [9.17, 15) is 17.6 Å². The lowest BCUT2D eigenvalue weighted by atomic mass is 10.1. The SMILES string of the molecule is CS(=O)(=O)c1ccc(N2CCN(C(=O)[C@H]3CC[C@@H](N)C3)CC2)c(F)c1. The van der Waals surface area contributed by atoms with Gasteiger partial charge in [0, 0.05) is 44.4 Å². The van der Waals surface area contributed by atoms with Crippen molar-refractivity contribution in [3.63, 3.8) is 0 Å². The number of hydrogen-bond acceptors (Lipinski definition) is 5. The number of carbonyl (C=O) groups is 1. The first-order valence-corrected chi connectivity index (χ1v) is 10.4. The summed E-state index contributed by atoms with van der Waals surface area (Å²) < 4.78 is 37.3. The van der Waals surface area contributed by atoms with Gasteiger partial charge in [-0.2, -0.15) is 0 Å². The number of halogens is 1. The van der Waals surface area contributed by atoms with Gasteiger partial charge in [-0.3, -0.25) is 4.79 Å². The summed E-state index contributed by atoms with van der Waals surface area (Å²) in [4.78, 5) is 16.2. The van der Waals surface area contributed by atoms with E-state index in [0.29, 0.717) is 31.9 Å². The monoisotopic (exact) mass is 369 g/mol. The number of benzene rings is 1. The molecule has 2 fully saturated rings. The van der Waals surface area contributed by atoms with E-state index in [1.165, 1.54) is 12.1 Å². The van der Waals surface area contributed by atoms with Crippen molar-refractivity contribution < 1.29 is 17.6 Å². The number of piperazine rings is 1. The fourth-order valence-electron chi connectivity index (χ4n) is 3.64. The van der Waals surface area contributed by atoms with Crippen LogP contribution in [0.15, 0.2) is 23.1 Å². The van der Waals surface area contributed by atoms with Crippen molar-refractivity contribution in [3.8, 4) is 0 Å². The van der Waals surface area contributed by atoms with Crippen molar-refractivity contribution in [2.45, 2.75) is 30.2 Å². The van der Waals surface area contributed by atoms with Crippen molar-refractivity contribution in [1.82, 2.24) is 4.90 Å². The average Bonchev–Trinajstić information content (AvgIpc) is 3.00. The number of anilines is 1. The van der Waals surface area contributed by atoms with Gasteiger partial charge in [-0.25, -0.2) is 12.8 Å². The number of rotatable bonds is 3. The highest BCUT2D eigenvalue weighted by molar-refractivity contribution is 7.90. The predicted molar refractivity (Wildman–Crippen MR) is 93.6 cm³/mol. The Morgan fingerprint density at radius 1 is 1.20 bits per heavy atom. The molecule has 1 heterocycles. The molecule has 0 unspecified atom stereocenters. The molecule has 0 aromatic heterocycles. The second-order valence-corrected chi connectivity index (χ2v) is 8.98. The topological polar surface area (TPSA) is 83.7 Å². The first kappa shape index (κ1) is 18.1. The largest absolute Gasteiger partial charge is 0.366 e. The Bertz CT molecular complexity index is 760. The number of nitrogens with zero attached hydrogens (tertiary/aromatic N) is 2. The Morgan fingerprint density at radius 2 is 1.88 bits per heavy atom. The highest BCUT2D eigenvalue weighted by atomic mass is 32.2. The van der Waals surface area contributed by atoms with E-state index in [0.717, 1.165) is 31.6 Å². The van der Waals surface area contributed by atoms with E-state index in [1.807, 2.05) is 9.80 Å². The molecule has 1 aliphatic carbocycles. The molecule has 25 heavy (non-hydrogen) atoms. The molecular formula is C17H24FN3O3S. The minimum absolute atomic E-state index is 0.0207. The van der Waals surface area contributed by atoms with E-state index in [4.69, 9.17) is 5.73 Å². The van der Waals surface area contributed by atoms with Crippen LogP contribution in [0.25, 0.3) is 0 Å². The average molecular weight is 369 g/mol. The summed E-state index contributed by atoms with van der Waals surface area (Å²) in [6, 6.07) is 4.10. The molecule has 1 amide bonds. The molecule has 1 aromatic rings. The molecule has 1 aromatic carbocycles. The van der Waals surface area contributed by atoms with Crippen LogP contribution in [0.3, 0.4) is 0 Å². The first-order chi connectivity index (χ1) is 11.8. The first-order valence-electron chi connectivity index (χ1n) is 8.54. The van der Waals surface area contributed by atoms with Gasteiger partial charge in [0.25, 0.3) is 0 Å². The van der Waals surface area contributed by atoms with Crippen molar-refractivity contribution in [3.05, 3.63) is 24.0 Å². The molecular weight excluding hydrogens is 345 g/mol. The number of sulfone groups is 1. The third-order valence-electron chi connectivity index (χ3n) is 5.10. The predicted octanol–water partition coefficient (Wildman–Crippen LogP) is 1.01. The Morgan fingerprint density at radius 3 is 2.40 bits per heavy atom. The Balaban J connectivity index is 1.63. The summed E-state index contributed by atoms with van der Waals surface area (Å²) >= 11 is 0. The van der Waals surface area contributed by atoms with E-state index in [1.54, 1.807) is 0 Å². The molecule has 1 aliphatic heterocycles. The molecule has 1 saturated heterocycles. The zero-order valence-corrected chi connectivity index (χ0v) is 15.1. The van der Waals surface area contributed by atoms with Gasteiger partial charge in [-0.1, -0.05) is 0 Å². The van der Waals surface area contributed by atoms with Gasteiger partial charge in [-0.15, -0.1) is 0 Å². The molecule has 0 spiro atoms. The second-order valence-electron chi connectivity index (χ2n) is 6.97. The van der Waals surface area contributed by atoms with Crippen molar-refractivity contribution in [2.24, 2.45) is 11.7 Å². The van der Waals surface area contributed by atoms with Gasteiger partial charge < -0.3 is 15.5 Å². The van der Waals surface area contributed by atoms with E-state index in [2.05, 4.69) is 0 Å². The van der Waals surface area contributed by atoms with Crippen LogP contribution in [0.4, 0.5) is 10.1 Å². The molecule has 2 atom stereocenters. The summed E-state index contributed by atoms with van der Waals surface area (Å²) in [6.45, 7) is 2.13. The van der Waals surface area contributed by atoms with Crippen LogP contribution in [0.1, 0.15) is 19.3 Å². The van der Waals surface area contributed by atoms with Gasteiger partial charge in [0.1, 0.15) is 5.82 Å². The van der Waals surface area contributed by atoms with E-state index < -0.39 is 15.7 Å². The second kappa shape index (κ2) is 6.92. The smallest absolute Gasteiger partial charge is 0.225 e. The number of hydrogen-bond donors (Lipinski definition) is 1. The summed E-state index contributed by atoms with van der Waals surface area (Å²) in [5, 5.41) is 0. The standard InChI is InChI=1S/C17H24FN3O3S/c1-25(23,24)14-4-5-16(15(18)11-14)20-6-8-21(9-7-20)17(22)12-2-3-13(19)10-12/h4-5,11-13H,2-3,6-10,19H2,1H3/t12-,13+/m0/s1. The molecule has 0 radical (unpaired) electrons. The van der Waals surface area contributed by atoms with Crippen molar-refractivity contribution in [1.29, 1.82) is 0 Å². The summed E-state index contributed by atoms with van der Waals surface area (Å²) in [5.74, 6) is -0.378. The highest BCUT2D eigenvalue weighted by Gasteiger charge is 2.32. The normalized spacial score (nSPS) is 24.6. The van der Waals surface area contributed by atoms with Crippen LogP contribution in [-0.4, -0.2) is 57.7 Å². The fourth-order valence-corrected chi connectivity index (χ4v) is 4.27. The van der Waals surface area contributed by atoms with Gasteiger partial charge in [0.05, 0.1) is 10.6 Å². The molecule has 3 rings (SSSR count). The third-order valence-corrected chi connectivity index (χ3v) is 6.21. The number of nitrogens with two attached hydrogens (primary N) is 1. The molecule has 6 nitrogen and oxygen atoms in total. The van der Waals surface area contributed by atoms with Crippen LogP contribution in [-0.2, 0) is 14.6 Å². The highest BCUT2D eigenvalue weighted by Crippen LogP contribution is 2.28. The Kier molecular flexibility index (Phi) is 5.02. The van der Waals surface area contributed by atoms with E-state index >= 15 is 0 Å². The van der Waals surface area contributed by atoms with Crippen LogP contribution >= 0.6 is 0 Å².